The number of methoxy groups -OCH3 is 1. The highest BCUT2D eigenvalue weighted by Gasteiger charge is 2.22. The fraction of sp³-hybridized carbons (Fsp3) is 0.227. The summed E-state index contributed by atoms with van der Waals surface area (Å²) in [5.74, 6) is 1.00. The Labute approximate surface area is 148 Å². The highest BCUT2D eigenvalue weighted by Crippen LogP contribution is 2.38. The van der Waals surface area contributed by atoms with Gasteiger partial charge in [0.2, 0.25) is 0 Å². The lowest BCUT2D eigenvalue weighted by atomic mass is 9.81. The number of allylic oxidation sites excluding steroid dienone is 2. The number of nitrogens with one attached hydrogen (secondary N) is 1. The molecule has 3 heteroatoms. The average molecular weight is 330 g/mol. The number of imidazole rings is 1. The molecule has 4 rings (SSSR count). The van der Waals surface area contributed by atoms with Gasteiger partial charge in [-0.25, -0.2) is 4.98 Å². The minimum atomic E-state index is 0.929. The van der Waals surface area contributed by atoms with E-state index in [9.17, 15) is 0 Å². The number of benzene rings is 2. The Balaban J connectivity index is 1.79. The van der Waals surface area contributed by atoms with Crippen molar-refractivity contribution in [2.45, 2.75) is 25.7 Å². The first kappa shape index (κ1) is 15.7. The van der Waals surface area contributed by atoms with Gasteiger partial charge in [-0.15, -0.1) is 0 Å². The molecule has 0 atom stereocenters. The fourth-order valence-electron chi connectivity index (χ4n) is 3.74. The molecule has 1 N–H and O–H groups in total. The maximum Gasteiger partial charge on any atom is 0.122 e. The van der Waals surface area contributed by atoms with Crippen LogP contribution in [0.4, 0.5) is 0 Å². The molecule has 1 heterocycles. The first-order valence-corrected chi connectivity index (χ1v) is 8.73. The normalized spacial score (nSPS) is 13.6. The molecule has 0 amide bonds. The minimum Gasteiger partial charge on any atom is -0.496 e. The molecule has 1 aliphatic carbocycles. The lowest BCUT2D eigenvalue weighted by molar-refractivity contribution is 0.409. The maximum atomic E-state index is 5.61. The van der Waals surface area contributed by atoms with Gasteiger partial charge >= 0.3 is 0 Å². The van der Waals surface area contributed by atoms with E-state index in [4.69, 9.17) is 4.74 Å². The van der Waals surface area contributed by atoms with Crippen molar-refractivity contribution in [2.24, 2.45) is 0 Å². The standard InChI is InChI=1S/C22H22N2O/c1-25-22-9-5-8-19-20(22)11-10-17(13-18-14-23-15-24-18)21(19)12-16-6-3-2-4-7-16/h2-9,14-15H,10-13H2,1H3,(H,23,24). The number of hydrogen-bond acceptors (Lipinski definition) is 2. The van der Waals surface area contributed by atoms with Gasteiger partial charge in [0, 0.05) is 23.9 Å². The number of aromatic nitrogens is 2. The topological polar surface area (TPSA) is 37.9 Å². The molecule has 0 saturated heterocycles. The van der Waals surface area contributed by atoms with Crippen LogP contribution in [0, 0.1) is 0 Å². The van der Waals surface area contributed by atoms with E-state index in [0.717, 1.165) is 31.4 Å². The van der Waals surface area contributed by atoms with Crippen LogP contribution in [0.2, 0.25) is 0 Å². The van der Waals surface area contributed by atoms with E-state index in [1.807, 2.05) is 6.20 Å². The van der Waals surface area contributed by atoms with Crippen LogP contribution in [-0.2, 0) is 19.3 Å². The van der Waals surface area contributed by atoms with E-state index in [0.29, 0.717) is 0 Å². The molecule has 1 aromatic heterocycles. The summed E-state index contributed by atoms with van der Waals surface area (Å²) in [5, 5.41) is 0. The number of hydrogen-bond donors (Lipinski definition) is 1. The SMILES string of the molecule is COc1cccc2c1CCC(Cc1cnc[nH]1)=C2Cc1ccccc1. The molecular weight excluding hydrogens is 308 g/mol. The second-order valence-electron chi connectivity index (χ2n) is 6.48. The third-order valence-electron chi connectivity index (χ3n) is 4.96. The summed E-state index contributed by atoms with van der Waals surface area (Å²) in [5.41, 5.74) is 8.12. The number of H-pyrrole nitrogens is 1. The maximum absolute atomic E-state index is 5.61. The number of rotatable bonds is 5. The van der Waals surface area contributed by atoms with Gasteiger partial charge in [0.25, 0.3) is 0 Å². The summed E-state index contributed by atoms with van der Waals surface area (Å²) in [4.78, 5) is 7.42. The third-order valence-corrected chi connectivity index (χ3v) is 4.96. The monoisotopic (exact) mass is 330 g/mol. The van der Waals surface area contributed by atoms with Gasteiger partial charge in [0.1, 0.15) is 5.75 Å². The van der Waals surface area contributed by atoms with Crippen molar-refractivity contribution in [1.29, 1.82) is 0 Å². The Morgan fingerprint density at radius 3 is 2.64 bits per heavy atom. The molecular formula is C22H22N2O. The fourth-order valence-corrected chi connectivity index (χ4v) is 3.74. The minimum absolute atomic E-state index is 0.929. The predicted octanol–water partition coefficient (Wildman–Crippen LogP) is 4.60. The van der Waals surface area contributed by atoms with Crippen molar-refractivity contribution >= 4 is 5.57 Å². The Bertz CT molecular complexity index is 880. The zero-order valence-electron chi connectivity index (χ0n) is 14.5. The molecule has 0 spiro atoms. The molecule has 3 aromatic rings. The second kappa shape index (κ2) is 6.98. The van der Waals surface area contributed by atoms with Crippen molar-refractivity contribution in [1.82, 2.24) is 9.97 Å². The molecule has 1 aliphatic rings. The quantitative estimate of drug-likeness (QED) is 0.742. The van der Waals surface area contributed by atoms with Crippen LogP contribution in [0.15, 0.2) is 66.6 Å². The van der Waals surface area contributed by atoms with E-state index < -0.39 is 0 Å². The zero-order valence-corrected chi connectivity index (χ0v) is 14.5. The Morgan fingerprint density at radius 2 is 1.88 bits per heavy atom. The van der Waals surface area contributed by atoms with Crippen LogP contribution >= 0.6 is 0 Å². The smallest absolute Gasteiger partial charge is 0.122 e. The van der Waals surface area contributed by atoms with E-state index >= 15 is 0 Å². The zero-order chi connectivity index (χ0) is 17.1. The summed E-state index contributed by atoms with van der Waals surface area (Å²) < 4.78 is 5.61. The summed E-state index contributed by atoms with van der Waals surface area (Å²) in [6.45, 7) is 0. The van der Waals surface area contributed by atoms with Crippen LogP contribution in [0.5, 0.6) is 5.75 Å². The molecule has 2 aromatic carbocycles. The molecule has 3 nitrogen and oxygen atoms in total. The molecule has 0 bridgehead atoms. The average Bonchev–Trinajstić information content (AvgIpc) is 3.17. The molecule has 0 radical (unpaired) electrons. The molecule has 25 heavy (non-hydrogen) atoms. The summed E-state index contributed by atoms with van der Waals surface area (Å²) in [6.07, 6.45) is 7.65. The van der Waals surface area contributed by atoms with Gasteiger partial charge in [-0.1, -0.05) is 48.0 Å². The summed E-state index contributed by atoms with van der Waals surface area (Å²) in [6, 6.07) is 17.1. The number of aromatic amines is 1. The molecule has 0 saturated carbocycles. The molecule has 0 aliphatic heterocycles. The molecule has 126 valence electrons. The van der Waals surface area contributed by atoms with Crippen molar-refractivity contribution in [3.05, 3.63) is 89.0 Å². The van der Waals surface area contributed by atoms with E-state index in [2.05, 4.69) is 58.5 Å². The van der Waals surface area contributed by atoms with Crippen LogP contribution in [0.3, 0.4) is 0 Å². The van der Waals surface area contributed by atoms with Crippen molar-refractivity contribution < 1.29 is 4.74 Å². The molecule has 0 fully saturated rings. The largest absolute Gasteiger partial charge is 0.496 e. The van der Waals surface area contributed by atoms with Gasteiger partial charge in [-0.05, 0) is 42.0 Å². The summed E-state index contributed by atoms with van der Waals surface area (Å²) >= 11 is 0. The van der Waals surface area contributed by atoms with Gasteiger partial charge in [-0.2, -0.15) is 0 Å². The van der Waals surface area contributed by atoms with Gasteiger partial charge in [0.05, 0.1) is 13.4 Å². The van der Waals surface area contributed by atoms with Crippen molar-refractivity contribution in [3.63, 3.8) is 0 Å². The van der Waals surface area contributed by atoms with Gasteiger partial charge < -0.3 is 9.72 Å². The van der Waals surface area contributed by atoms with Crippen LogP contribution in [-0.4, -0.2) is 17.1 Å². The second-order valence-corrected chi connectivity index (χ2v) is 6.48. The lowest BCUT2D eigenvalue weighted by Crippen LogP contribution is -2.10. The van der Waals surface area contributed by atoms with Crippen LogP contribution in [0.25, 0.3) is 5.57 Å². The number of ether oxygens (including phenoxy) is 1. The van der Waals surface area contributed by atoms with Crippen molar-refractivity contribution in [2.75, 3.05) is 7.11 Å². The Morgan fingerprint density at radius 1 is 1.00 bits per heavy atom. The predicted molar refractivity (Wildman–Crippen MR) is 101 cm³/mol. The highest BCUT2D eigenvalue weighted by atomic mass is 16.5. The van der Waals surface area contributed by atoms with E-state index in [-0.39, 0.29) is 0 Å². The Hall–Kier alpha value is -2.81. The number of fused-ring (bicyclic) bond motifs is 1. The van der Waals surface area contributed by atoms with Crippen LogP contribution in [0.1, 0.15) is 28.8 Å². The Kier molecular flexibility index (Phi) is 4.38. The van der Waals surface area contributed by atoms with Crippen molar-refractivity contribution in [3.8, 4) is 5.75 Å². The third kappa shape index (κ3) is 3.22. The molecule has 0 unspecified atom stereocenters. The van der Waals surface area contributed by atoms with E-state index in [1.165, 1.54) is 33.5 Å². The first-order valence-electron chi connectivity index (χ1n) is 8.73. The first-order chi connectivity index (χ1) is 12.3. The van der Waals surface area contributed by atoms with E-state index in [1.54, 1.807) is 13.4 Å². The van der Waals surface area contributed by atoms with Crippen LogP contribution < -0.4 is 4.74 Å². The highest BCUT2D eigenvalue weighted by molar-refractivity contribution is 5.76. The number of nitrogens with zero attached hydrogens (tertiary/aromatic N) is 1. The summed E-state index contributed by atoms with van der Waals surface area (Å²) in [7, 11) is 1.76. The lowest BCUT2D eigenvalue weighted by Gasteiger charge is -2.25. The van der Waals surface area contributed by atoms with Gasteiger partial charge in [-0.3, -0.25) is 0 Å². The van der Waals surface area contributed by atoms with Gasteiger partial charge in [0.15, 0.2) is 0 Å².